The summed E-state index contributed by atoms with van der Waals surface area (Å²) in [5, 5.41) is 8.01. The van der Waals surface area contributed by atoms with E-state index >= 15 is 0 Å². The zero-order valence-electron chi connectivity index (χ0n) is 8.66. The topological polar surface area (TPSA) is 30.7 Å². The summed E-state index contributed by atoms with van der Waals surface area (Å²) in [5.41, 5.74) is 1.29. The highest BCUT2D eigenvalue weighted by Gasteiger charge is 2.01. The molecule has 0 unspecified atom stereocenters. The second-order valence-corrected chi connectivity index (χ2v) is 3.41. The van der Waals surface area contributed by atoms with Crippen molar-refractivity contribution in [1.29, 1.82) is 0 Å². The van der Waals surface area contributed by atoms with E-state index in [1.165, 1.54) is 31.4 Å². The molecule has 0 aliphatic heterocycles. The summed E-state index contributed by atoms with van der Waals surface area (Å²) < 4.78 is 2.04. The second-order valence-electron chi connectivity index (χ2n) is 3.41. The summed E-state index contributed by atoms with van der Waals surface area (Å²) >= 11 is 0. The Morgan fingerprint density at radius 2 is 2.00 bits per heavy atom. The molecule has 0 radical (unpaired) electrons. The number of rotatable bonds is 6. The number of nitrogens with zero attached hydrogens (tertiary/aromatic N) is 3. The first-order chi connectivity index (χ1) is 6.38. The monoisotopic (exact) mass is 181 g/mol. The van der Waals surface area contributed by atoms with Crippen LogP contribution in [0.25, 0.3) is 0 Å². The third kappa shape index (κ3) is 3.17. The molecule has 0 aromatic carbocycles. The average molecular weight is 181 g/mol. The molecule has 1 aromatic rings. The van der Waals surface area contributed by atoms with Crippen molar-refractivity contribution in [3.05, 3.63) is 11.9 Å². The maximum atomic E-state index is 4.07. The van der Waals surface area contributed by atoms with Gasteiger partial charge in [-0.25, -0.2) is 4.68 Å². The van der Waals surface area contributed by atoms with Gasteiger partial charge in [-0.2, -0.15) is 0 Å². The van der Waals surface area contributed by atoms with E-state index in [4.69, 9.17) is 0 Å². The van der Waals surface area contributed by atoms with Gasteiger partial charge in [0.15, 0.2) is 0 Å². The van der Waals surface area contributed by atoms with E-state index in [1.54, 1.807) is 0 Å². The molecule has 3 heteroatoms. The Morgan fingerprint density at radius 1 is 1.23 bits per heavy atom. The van der Waals surface area contributed by atoms with Crippen LogP contribution in [0, 0.1) is 0 Å². The van der Waals surface area contributed by atoms with Gasteiger partial charge in [0.1, 0.15) is 0 Å². The van der Waals surface area contributed by atoms with Crippen molar-refractivity contribution in [2.24, 2.45) is 0 Å². The molecule has 1 heterocycles. The molecule has 1 rings (SSSR count). The minimum atomic E-state index is 1.02. The Labute approximate surface area is 80.1 Å². The predicted molar refractivity (Wildman–Crippen MR) is 53.5 cm³/mol. The molecule has 0 atom stereocenters. The molecule has 13 heavy (non-hydrogen) atoms. The van der Waals surface area contributed by atoms with Crippen molar-refractivity contribution < 1.29 is 0 Å². The van der Waals surface area contributed by atoms with Crippen LogP contribution < -0.4 is 0 Å². The minimum absolute atomic E-state index is 1.02. The van der Waals surface area contributed by atoms with Gasteiger partial charge in [0.25, 0.3) is 0 Å². The third-order valence-corrected chi connectivity index (χ3v) is 2.21. The van der Waals surface area contributed by atoms with Crippen molar-refractivity contribution in [2.45, 2.75) is 52.5 Å². The fourth-order valence-corrected chi connectivity index (χ4v) is 1.33. The van der Waals surface area contributed by atoms with Gasteiger partial charge in [0.2, 0.25) is 0 Å². The zero-order valence-corrected chi connectivity index (χ0v) is 8.66. The van der Waals surface area contributed by atoms with Gasteiger partial charge in [0.05, 0.1) is 11.9 Å². The standard InChI is InChI=1S/C10H19N3/c1-3-5-7-10-9-11-12-13(10)8-6-4-2/h9H,3-8H2,1-2H3. The molecule has 74 valence electrons. The molecule has 0 amide bonds. The van der Waals surface area contributed by atoms with Crippen LogP contribution in [0.4, 0.5) is 0 Å². The lowest BCUT2D eigenvalue weighted by Gasteiger charge is -2.03. The summed E-state index contributed by atoms with van der Waals surface area (Å²) in [7, 11) is 0. The summed E-state index contributed by atoms with van der Waals surface area (Å²) in [6, 6.07) is 0. The molecule has 3 nitrogen and oxygen atoms in total. The van der Waals surface area contributed by atoms with E-state index in [-0.39, 0.29) is 0 Å². The van der Waals surface area contributed by atoms with Gasteiger partial charge >= 0.3 is 0 Å². The minimum Gasteiger partial charge on any atom is -0.249 e. The van der Waals surface area contributed by atoms with E-state index in [0.29, 0.717) is 0 Å². The lowest BCUT2D eigenvalue weighted by molar-refractivity contribution is 0.528. The Morgan fingerprint density at radius 3 is 2.69 bits per heavy atom. The van der Waals surface area contributed by atoms with Crippen LogP contribution in [-0.4, -0.2) is 15.0 Å². The van der Waals surface area contributed by atoms with Crippen LogP contribution in [0.3, 0.4) is 0 Å². The maximum Gasteiger partial charge on any atom is 0.0725 e. The van der Waals surface area contributed by atoms with Crippen molar-refractivity contribution >= 4 is 0 Å². The largest absolute Gasteiger partial charge is 0.249 e. The number of aromatic nitrogens is 3. The summed E-state index contributed by atoms with van der Waals surface area (Å²) in [4.78, 5) is 0. The van der Waals surface area contributed by atoms with E-state index in [1.807, 2.05) is 10.9 Å². The molecule has 0 aliphatic carbocycles. The number of hydrogen-bond acceptors (Lipinski definition) is 2. The van der Waals surface area contributed by atoms with Crippen LogP contribution in [-0.2, 0) is 13.0 Å². The number of aryl methyl sites for hydroxylation is 2. The molecule has 1 aromatic heterocycles. The smallest absolute Gasteiger partial charge is 0.0725 e. The first-order valence-corrected chi connectivity index (χ1v) is 5.25. The summed E-state index contributed by atoms with van der Waals surface area (Å²) in [5.74, 6) is 0. The SMILES string of the molecule is CCCCc1cnnn1CCCC. The van der Waals surface area contributed by atoms with Crippen molar-refractivity contribution in [1.82, 2.24) is 15.0 Å². The van der Waals surface area contributed by atoms with Crippen molar-refractivity contribution in [3.8, 4) is 0 Å². The fraction of sp³-hybridized carbons (Fsp3) is 0.800. The van der Waals surface area contributed by atoms with Gasteiger partial charge in [-0.05, 0) is 19.3 Å². The van der Waals surface area contributed by atoms with Gasteiger partial charge in [-0.15, -0.1) is 5.10 Å². The van der Waals surface area contributed by atoms with Crippen LogP contribution in [0.5, 0.6) is 0 Å². The fourth-order valence-electron chi connectivity index (χ4n) is 1.33. The lowest BCUT2D eigenvalue weighted by atomic mass is 10.2. The maximum absolute atomic E-state index is 4.07. The van der Waals surface area contributed by atoms with Crippen LogP contribution in [0.15, 0.2) is 6.20 Å². The van der Waals surface area contributed by atoms with E-state index < -0.39 is 0 Å². The molecule has 0 saturated heterocycles. The van der Waals surface area contributed by atoms with Crippen molar-refractivity contribution in [2.75, 3.05) is 0 Å². The highest BCUT2D eigenvalue weighted by molar-refractivity contribution is 4.93. The van der Waals surface area contributed by atoms with Gasteiger partial charge < -0.3 is 0 Å². The predicted octanol–water partition coefficient (Wildman–Crippen LogP) is 2.42. The molecule has 0 N–H and O–H groups in total. The highest BCUT2D eigenvalue weighted by Crippen LogP contribution is 2.04. The first-order valence-electron chi connectivity index (χ1n) is 5.25. The van der Waals surface area contributed by atoms with Gasteiger partial charge in [-0.1, -0.05) is 31.9 Å². The Kier molecular flexibility index (Phi) is 4.50. The number of unbranched alkanes of at least 4 members (excludes halogenated alkanes) is 2. The van der Waals surface area contributed by atoms with Gasteiger partial charge in [0, 0.05) is 6.54 Å². The first kappa shape index (κ1) is 10.2. The average Bonchev–Trinajstić information content (AvgIpc) is 2.59. The van der Waals surface area contributed by atoms with E-state index in [9.17, 15) is 0 Å². The Balaban J connectivity index is 2.45. The van der Waals surface area contributed by atoms with Crippen LogP contribution in [0.1, 0.15) is 45.2 Å². The second kappa shape index (κ2) is 5.73. The normalized spacial score (nSPS) is 10.6. The van der Waals surface area contributed by atoms with Crippen molar-refractivity contribution in [3.63, 3.8) is 0 Å². The van der Waals surface area contributed by atoms with Crippen LogP contribution >= 0.6 is 0 Å². The lowest BCUT2D eigenvalue weighted by Crippen LogP contribution is -2.05. The molecule has 0 spiro atoms. The van der Waals surface area contributed by atoms with E-state index in [0.717, 1.165) is 13.0 Å². The van der Waals surface area contributed by atoms with Crippen LogP contribution in [0.2, 0.25) is 0 Å². The molecular formula is C10H19N3. The summed E-state index contributed by atoms with van der Waals surface area (Å²) in [6.45, 7) is 5.43. The Hall–Kier alpha value is -0.860. The molecule has 0 fully saturated rings. The third-order valence-electron chi connectivity index (χ3n) is 2.21. The quantitative estimate of drug-likeness (QED) is 0.674. The molecule has 0 aliphatic rings. The van der Waals surface area contributed by atoms with Gasteiger partial charge in [-0.3, -0.25) is 0 Å². The molecule has 0 bridgehead atoms. The zero-order chi connectivity index (χ0) is 9.52. The van der Waals surface area contributed by atoms with E-state index in [2.05, 4.69) is 24.2 Å². The Bertz CT molecular complexity index is 207. The highest BCUT2D eigenvalue weighted by atomic mass is 15.4. The summed E-state index contributed by atoms with van der Waals surface area (Å²) in [6.07, 6.45) is 7.90. The number of hydrogen-bond donors (Lipinski definition) is 0. The molecule has 0 saturated carbocycles. The molecular weight excluding hydrogens is 162 g/mol.